The number of methoxy groups -OCH3 is 1. The SMILES string of the molecule is COC(=O)N1C(=O)[C@H]2[C@H](CC=C3[C@H]2C[C@@]2(Cl)C(=O)N(c4ccc(F)cc4)C(=O)[C@@]2(Cl)[C@H]3c2ccc(O)cc2)C1=O. The monoisotopic (exact) mass is 586 g/mol. The quantitative estimate of drug-likeness (QED) is 0.322. The first-order valence-corrected chi connectivity index (χ1v) is 13.2. The van der Waals surface area contributed by atoms with Crippen molar-refractivity contribution < 1.29 is 38.2 Å². The van der Waals surface area contributed by atoms with Crippen molar-refractivity contribution in [3.05, 3.63) is 71.6 Å². The van der Waals surface area contributed by atoms with Gasteiger partial charge in [0.25, 0.3) is 11.8 Å². The van der Waals surface area contributed by atoms with Crippen molar-refractivity contribution in [2.75, 3.05) is 12.0 Å². The van der Waals surface area contributed by atoms with Crippen molar-refractivity contribution in [3.63, 3.8) is 0 Å². The summed E-state index contributed by atoms with van der Waals surface area (Å²) in [6, 6.07) is 10.6. The average Bonchev–Trinajstić information content (AvgIpc) is 3.27. The lowest BCUT2D eigenvalue weighted by molar-refractivity contribution is -0.138. The predicted octanol–water partition coefficient (Wildman–Crippen LogP) is 3.86. The molecule has 0 unspecified atom stereocenters. The smallest absolute Gasteiger partial charge is 0.423 e. The number of phenols is 1. The minimum atomic E-state index is -2.09. The molecule has 9 nitrogen and oxygen atoms in total. The molecule has 5 amide bonds. The minimum absolute atomic E-state index is 0.0541. The Labute approximate surface area is 237 Å². The van der Waals surface area contributed by atoms with E-state index in [9.17, 15) is 33.5 Å². The molecule has 40 heavy (non-hydrogen) atoms. The Morgan fingerprint density at radius 2 is 1.62 bits per heavy atom. The molecule has 2 aliphatic carbocycles. The summed E-state index contributed by atoms with van der Waals surface area (Å²) in [5, 5.41) is 9.92. The van der Waals surface area contributed by atoms with E-state index in [1.54, 1.807) is 6.08 Å². The largest absolute Gasteiger partial charge is 0.508 e. The number of nitrogens with zero attached hydrogens (tertiary/aromatic N) is 2. The number of imide groups is 4. The van der Waals surface area contributed by atoms with Crippen LogP contribution >= 0.6 is 23.2 Å². The summed E-state index contributed by atoms with van der Waals surface area (Å²) in [6.07, 6.45) is 0.401. The lowest BCUT2D eigenvalue weighted by atomic mass is 9.56. The second kappa shape index (κ2) is 8.87. The summed E-state index contributed by atoms with van der Waals surface area (Å²) in [7, 11) is 1.05. The molecule has 2 aliphatic heterocycles. The number of benzene rings is 2. The number of carbonyl (C=O) groups is 5. The molecule has 4 aliphatic rings. The second-order valence-corrected chi connectivity index (χ2v) is 11.6. The summed E-state index contributed by atoms with van der Waals surface area (Å²) in [4.78, 5) is 64.2. The molecule has 0 radical (unpaired) electrons. The fraction of sp³-hybridized carbons (Fsp3) is 0.321. The molecule has 2 saturated heterocycles. The molecule has 206 valence electrons. The van der Waals surface area contributed by atoms with Crippen LogP contribution in [0.1, 0.15) is 24.3 Å². The minimum Gasteiger partial charge on any atom is -0.508 e. The van der Waals surface area contributed by atoms with Gasteiger partial charge in [0.05, 0.1) is 24.6 Å². The van der Waals surface area contributed by atoms with Gasteiger partial charge in [-0.1, -0.05) is 23.8 Å². The van der Waals surface area contributed by atoms with Crippen LogP contribution in [0.15, 0.2) is 60.2 Å². The Hall–Kier alpha value is -3.76. The third-order valence-corrected chi connectivity index (χ3v) is 9.89. The predicted molar refractivity (Wildman–Crippen MR) is 139 cm³/mol. The van der Waals surface area contributed by atoms with E-state index in [1.807, 2.05) is 0 Å². The Morgan fingerprint density at radius 1 is 0.975 bits per heavy atom. The number of fused-ring (bicyclic) bond motifs is 4. The van der Waals surface area contributed by atoms with Gasteiger partial charge in [-0.25, -0.2) is 14.1 Å². The molecule has 2 heterocycles. The molecule has 3 fully saturated rings. The van der Waals surface area contributed by atoms with Crippen LogP contribution in [0.2, 0.25) is 0 Å². The number of hydrogen-bond donors (Lipinski definition) is 1. The Bertz CT molecular complexity index is 1530. The van der Waals surface area contributed by atoms with Gasteiger partial charge in [-0.3, -0.25) is 19.2 Å². The molecule has 6 atom stereocenters. The second-order valence-electron chi connectivity index (χ2n) is 10.3. The lowest BCUT2D eigenvalue weighted by Gasteiger charge is -2.50. The molecule has 0 spiro atoms. The molecular weight excluding hydrogens is 566 g/mol. The van der Waals surface area contributed by atoms with Crippen LogP contribution in [0, 0.1) is 23.6 Å². The number of ether oxygens (including phenoxy) is 1. The molecule has 0 bridgehead atoms. The average molecular weight is 587 g/mol. The van der Waals surface area contributed by atoms with Gasteiger partial charge in [0.15, 0.2) is 9.75 Å². The van der Waals surface area contributed by atoms with Crippen LogP contribution < -0.4 is 4.90 Å². The van der Waals surface area contributed by atoms with Gasteiger partial charge in [0.1, 0.15) is 11.6 Å². The Kier molecular flexibility index (Phi) is 5.87. The maximum absolute atomic E-state index is 14.1. The number of alkyl halides is 2. The van der Waals surface area contributed by atoms with E-state index in [-0.39, 0.29) is 24.3 Å². The maximum Gasteiger partial charge on any atom is 0.423 e. The summed E-state index contributed by atoms with van der Waals surface area (Å²) in [6.45, 7) is 0. The van der Waals surface area contributed by atoms with Crippen molar-refractivity contribution in [1.29, 1.82) is 0 Å². The first-order valence-electron chi connectivity index (χ1n) is 12.4. The number of phenolic OH excluding ortho intramolecular Hbond substituents is 1. The summed E-state index contributed by atoms with van der Waals surface area (Å²) in [5.74, 6) is -7.65. The van der Waals surface area contributed by atoms with Crippen LogP contribution in [0.3, 0.4) is 0 Å². The highest BCUT2D eigenvalue weighted by Crippen LogP contribution is 2.65. The zero-order valence-corrected chi connectivity index (χ0v) is 22.4. The molecule has 1 N–H and O–H groups in total. The van der Waals surface area contributed by atoms with E-state index in [0.29, 0.717) is 16.0 Å². The number of hydrogen-bond acceptors (Lipinski definition) is 7. The third-order valence-electron chi connectivity index (χ3n) is 8.48. The topological polar surface area (TPSA) is 121 Å². The normalized spacial score (nSPS) is 33.0. The summed E-state index contributed by atoms with van der Waals surface area (Å²) >= 11 is 14.4. The van der Waals surface area contributed by atoms with Crippen molar-refractivity contribution in [1.82, 2.24) is 4.90 Å². The summed E-state index contributed by atoms with van der Waals surface area (Å²) < 4.78 is 18.3. The van der Waals surface area contributed by atoms with Gasteiger partial charge in [-0.15, -0.1) is 23.2 Å². The van der Waals surface area contributed by atoms with Crippen LogP contribution in [0.4, 0.5) is 14.9 Å². The number of allylic oxidation sites excluding steroid dienone is 2. The van der Waals surface area contributed by atoms with E-state index in [1.165, 1.54) is 36.4 Å². The van der Waals surface area contributed by atoms with Gasteiger partial charge in [0, 0.05) is 5.92 Å². The van der Waals surface area contributed by atoms with Crippen molar-refractivity contribution >= 4 is 58.6 Å². The molecule has 2 aromatic rings. The highest BCUT2D eigenvalue weighted by atomic mass is 35.5. The Balaban J connectivity index is 1.54. The van der Waals surface area contributed by atoms with E-state index in [4.69, 9.17) is 23.2 Å². The number of anilines is 1. The van der Waals surface area contributed by atoms with Crippen molar-refractivity contribution in [2.24, 2.45) is 17.8 Å². The number of rotatable bonds is 2. The van der Waals surface area contributed by atoms with Crippen LogP contribution in [-0.2, 0) is 23.9 Å². The number of carbonyl (C=O) groups excluding carboxylic acids is 5. The Morgan fingerprint density at radius 3 is 2.25 bits per heavy atom. The number of likely N-dealkylation sites (tertiary alicyclic amines) is 1. The number of halogens is 3. The molecule has 6 rings (SSSR count). The standard InChI is InChI=1S/C28H21Cl2FN2O7/c1-40-26(39)33-22(35)18-11-10-17-19(20(18)23(33)36)12-27(29)24(37)32(15-6-4-14(31)5-7-15)25(38)28(27,30)21(17)13-2-8-16(34)9-3-13/h2-10,18-21,34H,11-12H2,1H3/t18-,19+,20-,21-,27+,28-/m0/s1. The lowest BCUT2D eigenvalue weighted by Crippen LogP contribution is -2.60. The van der Waals surface area contributed by atoms with E-state index >= 15 is 0 Å². The van der Waals surface area contributed by atoms with Gasteiger partial charge in [-0.2, -0.15) is 4.90 Å². The first kappa shape index (κ1) is 26.5. The van der Waals surface area contributed by atoms with Gasteiger partial charge in [-0.05, 0) is 60.7 Å². The van der Waals surface area contributed by atoms with Gasteiger partial charge in [0.2, 0.25) is 11.8 Å². The zero-order valence-electron chi connectivity index (χ0n) is 20.8. The molecular formula is C28H21Cl2FN2O7. The van der Waals surface area contributed by atoms with E-state index in [2.05, 4.69) is 4.74 Å². The van der Waals surface area contributed by atoms with Crippen molar-refractivity contribution in [3.8, 4) is 5.75 Å². The van der Waals surface area contributed by atoms with Crippen molar-refractivity contribution in [2.45, 2.75) is 28.5 Å². The molecule has 0 aromatic heterocycles. The zero-order chi connectivity index (χ0) is 28.7. The first-order chi connectivity index (χ1) is 19.0. The van der Waals surface area contributed by atoms with Gasteiger partial charge < -0.3 is 9.84 Å². The van der Waals surface area contributed by atoms with E-state index < -0.39 is 69.0 Å². The third kappa shape index (κ3) is 3.29. The fourth-order valence-corrected chi connectivity index (χ4v) is 7.65. The van der Waals surface area contributed by atoms with Crippen LogP contribution in [0.25, 0.3) is 0 Å². The number of aromatic hydroxyl groups is 1. The van der Waals surface area contributed by atoms with Crippen LogP contribution in [-0.4, -0.2) is 56.6 Å². The van der Waals surface area contributed by atoms with E-state index in [0.717, 1.165) is 24.1 Å². The highest BCUT2D eigenvalue weighted by molar-refractivity contribution is 6.58. The number of amides is 5. The molecule has 2 aromatic carbocycles. The van der Waals surface area contributed by atoms with Crippen LogP contribution in [0.5, 0.6) is 5.75 Å². The molecule has 1 saturated carbocycles. The van der Waals surface area contributed by atoms with Gasteiger partial charge >= 0.3 is 6.09 Å². The maximum atomic E-state index is 14.1. The molecule has 12 heteroatoms. The summed E-state index contributed by atoms with van der Waals surface area (Å²) in [5.41, 5.74) is 1.03. The highest BCUT2D eigenvalue weighted by Gasteiger charge is 2.76. The fourth-order valence-electron chi connectivity index (χ4n) is 6.71.